The molecule has 26 heavy (non-hydrogen) atoms. The number of carbonyl (C=O) groups excluding carboxylic acids is 2. The minimum absolute atomic E-state index is 0.0396. The van der Waals surface area contributed by atoms with Crippen LogP contribution in [0.5, 0.6) is 0 Å². The fraction of sp³-hybridized carbons (Fsp3) is 0.600. The Kier molecular flexibility index (Phi) is 4.29. The first kappa shape index (κ1) is 17.2. The SMILES string of the molecule is CCCN1C(=O)c2cc3occc3n2C[C@@]1(C)C(=O)NC1CCCCC1. The van der Waals surface area contributed by atoms with Crippen LogP contribution in [0.15, 0.2) is 22.8 Å². The first-order valence-electron chi connectivity index (χ1n) is 9.74. The van der Waals surface area contributed by atoms with Gasteiger partial charge in [0.2, 0.25) is 5.91 Å². The van der Waals surface area contributed by atoms with Gasteiger partial charge in [0.1, 0.15) is 11.2 Å². The Bertz CT molecular complexity index is 831. The number of nitrogens with zero attached hydrogens (tertiary/aromatic N) is 2. The molecule has 1 aliphatic carbocycles. The van der Waals surface area contributed by atoms with Crippen LogP contribution in [0, 0.1) is 0 Å². The number of hydrogen-bond donors (Lipinski definition) is 1. The molecule has 1 fully saturated rings. The lowest BCUT2D eigenvalue weighted by molar-refractivity contribution is -0.133. The van der Waals surface area contributed by atoms with E-state index < -0.39 is 5.54 Å². The number of rotatable bonds is 4. The number of hydrogen-bond acceptors (Lipinski definition) is 3. The van der Waals surface area contributed by atoms with Crippen LogP contribution in [-0.4, -0.2) is 39.4 Å². The zero-order valence-electron chi connectivity index (χ0n) is 15.6. The molecule has 0 bridgehead atoms. The van der Waals surface area contributed by atoms with E-state index in [0.29, 0.717) is 24.4 Å². The maximum absolute atomic E-state index is 13.3. The first-order chi connectivity index (χ1) is 12.5. The van der Waals surface area contributed by atoms with Crippen molar-refractivity contribution in [2.75, 3.05) is 6.54 Å². The van der Waals surface area contributed by atoms with Gasteiger partial charge in [-0.25, -0.2) is 0 Å². The monoisotopic (exact) mass is 357 g/mol. The average molecular weight is 357 g/mol. The van der Waals surface area contributed by atoms with Crippen LogP contribution < -0.4 is 5.32 Å². The number of carbonyl (C=O) groups is 2. The Balaban J connectivity index is 1.68. The van der Waals surface area contributed by atoms with Gasteiger partial charge in [-0.15, -0.1) is 0 Å². The fourth-order valence-electron chi connectivity index (χ4n) is 4.43. The second-order valence-electron chi connectivity index (χ2n) is 7.82. The Morgan fingerprint density at radius 1 is 1.35 bits per heavy atom. The molecule has 3 heterocycles. The van der Waals surface area contributed by atoms with Gasteiger partial charge in [0, 0.05) is 24.7 Å². The lowest BCUT2D eigenvalue weighted by Crippen LogP contribution is -2.65. The first-order valence-corrected chi connectivity index (χ1v) is 9.74. The molecule has 6 nitrogen and oxygen atoms in total. The molecule has 140 valence electrons. The molecule has 0 unspecified atom stereocenters. The van der Waals surface area contributed by atoms with Crippen molar-refractivity contribution in [1.82, 2.24) is 14.8 Å². The molecule has 1 aliphatic heterocycles. The highest BCUT2D eigenvalue weighted by Gasteiger charge is 2.47. The van der Waals surface area contributed by atoms with Crippen molar-refractivity contribution in [1.29, 1.82) is 0 Å². The number of fused-ring (bicyclic) bond motifs is 3. The quantitative estimate of drug-likeness (QED) is 0.913. The minimum Gasteiger partial charge on any atom is -0.463 e. The zero-order valence-corrected chi connectivity index (χ0v) is 15.6. The predicted octanol–water partition coefficient (Wildman–Crippen LogP) is 3.31. The van der Waals surface area contributed by atoms with Gasteiger partial charge in [-0.05, 0) is 26.2 Å². The lowest BCUT2D eigenvalue weighted by atomic mass is 9.91. The molecule has 2 aliphatic rings. The highest BCUT2D eigenvalue weighted by atomic mass is 16.3. The van der Waals surface area contributed by atoms with Gasteiger partial charge in [-0.3, -0.25) is 9.59 Å². The van der Waals surface area contributed by atoms with Crippen molar-refractivity contribution in [2.24, 2.45) is 0 Å². The van der Waals surface area contributed by atoms with E-state index in [4.69, 9.17) is 4.42 Å². The molecule has 0 spiro atoms. The van der Waals surface area contributed by atoms with Crippen LogP contribution in [0.4, 0.5) is 0 Å². The van der Waals surface area contributed by atoms with Crippen LogP contribution in [0.3, 0.4) is 0 Å². The molecule has 0 saturated heterocycles. The van der Waals surface area contributed by atoms with Gasteiger partial charge in [0.05, 0.1) is 18.3 Å². The van der Waals surface area contributed by atoms with Gasteiger partial charge in [-0.2, -0.15) is 0 Å². The maximum Gasteiger partial charge on any atom is 0.271 e. The molecule has 6 heteroatoms. The third-order valence-electron chi connectivity index (χ3n) is 5.93. The van der Waals surface area contributed by atoms with E-state index in [1.165, 1.54) is 6.42 Å². The number of furan rings is 1. The van der Waals surface area contributed by atoms with E-state index in [-0.39, 0.29) is 17.9 Å². The van der Waals surface area contributed by atoms with Crippen molar-refractivity contribution in [3.8, 4) is 0 Å². The summed E-state index contributed by atoms with van der Waals surface area (Å²) in [4.78, 5) is 28.2. The Labute approximate surface area is 153 Å². The lowest BCUT2D eigenvalue weighted by Gasteiger charge is -2.44. The molecule has 2 aromatic rings. The van der Waals surface area contributed by atoms with Crippen LogP contribution >= 0.6 is 0 Å². The van der Waals surface area contributed by atoms with Crippen molar-refractivity contribution in [3.05, 3.63) is 24.1 Å². The second-order valence-corrected chi connectivity index (χ2v) is 7.82. The smallest absolute Gasteiger partial charge is 0.271 e. The summed E-state index contributed by atoms with van der Waals surface area (Å²) in [7, 11) is 0. The number of amides is 2. The van der Waals surface area contributed by atoms with E-state index in [1.807, 2.05) is 24.5 Å². The molecule has 1 saturated carbocycles. The van der Waals surface area contributed by atoms with Gasteiger partial charge >= 0.3 is 0 Å². The number of aromatic nitrogens is 1. The Morgan fingerprint density at radius 3 is 2.85 bits per heavy atom. The summed E-state index contributed by atoms with van der Waals surface area (Å²) in [6, 6.07) is 3.88. The van der Waals surface area contributed by atoms with Crippen LogP contribution in [-0.2, 0) is 11.3 Å². The van der Waals surface area contributed by atoms with Gasteiger partial charge in [0.15, 0.2) is 5.58 Å². The van der Waals surface area contributed by atoms with Gasteiger partial charge in [0.25, 0.3) is 5.91 Å². The standard InChI is InChI=1S/C20H27N3O3/c1-3-10-23-18(24)16-12-17-15(9-11-26-17)22(16)13-20(23,2)19(25)21-14-7-5-4-6-8-14/h9,11-12,14H,3-8,10,13H2,1-2H3,(H,21,25)/t20-/m0/s1. The molecule has 2 amide bonds. The number of nitrogens with one attached hydrogen (secondary N) is 1. The average Bonchev–Trinajstić information content (AvgIpc) is 3.22. The predicted molar refractivity (Wildman–Crippen MR) is 99.0 cm³/mol. The topological polar surface area (TPSA) is 67.5 Å². The summed E-state index contributed by atoms with van der Waals surface area (Å²) in [6.07, 6.45) is 8.08. The molecule has 1 N–H and O–H groups in total. The van der Waals surface area contributed by atoms with E-state index in [9.17, 15) is 9.59 Å². The van der Waals surface area contributed by atoms with Crippen LogP contribution in [0.25, 0.3) is 11.1 Å². The summed E-state index contributed by atoms with van der Waals surface area (Å²) < 4.78 is 7.41. The minimum atomic E-state index is -0.888. The Morgan fingerprint density at radius 2 is 2.12 bits per heavy atom. The Hall–Kier alpha value is -2.24. The van der Waals surface area contributed by atoms with Crippen molar-refractivity contribution >= 4 is 22.9 Å². The normalized spacial score (nSPS) is 24.1. The third kappa shape index (κ3) is 2.63. The van der Waals surface area contributed by atoms with Crippen LogP contribution in [0.1, 0.15) is 62.9 Å². The zero-order chi connectivity index (χ0) is 18.3. The molecular weight excluding hydrogens is 330 g/mol. The highest BCUT2D eigenvalue weighted by molar-refractivity contribution is 6.02. The van der Waals surface area contributed by atoms with E-state index in [2.05, 4.69) is 5.32 Å². The van der Waals surface area contributed by atoms with E-state index in [1.54, 1.807) is 17.2 Å². The molecule has 0 aromatic carbocycles. The van der Waals surface area contributed by atoms with Crippen molar-refractivity contribution < 1.29 is 14.0 Å². The highest BCUT2D eigenvalue weighted by Crippen LogP contribution is 2.33. The second kappa shape index (κ2) is 6.49. The van der Waals surface area contributed by atoms with E-state index >= 15 is 0 Å². The molecule has 1 atom stereocenters. The van der Waals surface area contributed by atoms with Crippen LogP contribution in [0.2, 0.25) is 0 Å². The van der Waals surface area contributed by atoms with Gasteiger partial charge in [-0.1, -0.05) is 26.2 Å². The molecule has 2 aromatic heterocycles. The summed E-state index contributed by atoms with van der Waals surface area (Å²) in [5.74, 6) is -0.131. The van der Waals surface area contributed by atoms with Crippen molar-refractivity contribution in [3.63, 3.8) is 0 Å². The molecule has 4 rings (SSSR count). The van der Waals surface area contributed by atoms with E-state index in [0.717, 1.165) is 37.6 Å². The summed E-state index contributed by atoms with van der Waals surface area (Å²) >= 11 is 0. The molecule has 0 radical (unpaired) electrons. The summed E-state index contributed by atoms with van der Waals surface area (Å²) in [6.45, 7) is 4.95. The molecular formula is C20H27N3O3. The third-order valence-corrected chi connectivity index (χ3v) is 5.93. The van der Waals surface area contributed by atoms with Crippen molar-refractivity contribution in [2.45, 2.75) is 70.5 Å². The summed E-state index contributed by atoms with van der Waals surface area (Å²) in [5, 5.41) is 3.23. The fourth-order valence-corrected chi connectivity index (χ4v) is 4.43. The summed E-state index contributed by atoms with van der Waals surface area (Å²) in [5.41, 5.74) is 1.29. The van der Waals surface area contributed by atoms with Gasteiger partial charge < -0.3 is 19.2 Å². The maximum atomic E-state index is 13.3. The largest absolute Gasteiger partial charge is 0.463 e.